The number of rotatable bonds is 3. The molecule has 0 aliphatic carbocycles. The number of hydrogen-bond acceptors (Lipinski definition) is 2. The van der Waals surface area contributed by atoms with Crippen molar-refractivity contribution in [1.82, 2.24) is 0 Å². The van der Waals surface area contributed by atoms with Crippen LogP contribution in [0.2, 0.25) is 0 Å². The summed E-state index contributed by atoms with van der Waals surface area (Å²) in [6, 6.07) is 9.20. The summed E-state index contributed by atoms with van der Waals surface area (Å²) in [5.41, 5.74) is -1.24. The van der Waals surface area contributed by atoms with Crippen molar-refractivity contribution in [3.8, 4) is 0 Å². The Morgan fingerprint density at radius 2 is 2.00 bits per heavy atom. The van der Waals surface area contributed by atoms with Crippen LogP contribution in [0, 0.1) is 0 Å². The van der Waals surface area contributed by atoms with E-state index in [2.05, 4.69) is 4.74 Å². The molecule has 0 N–H and O–H groups in total. The highest BCUT2D eigenvalue weighted by atomic mass is 19.1. The molecule has 80 valence electrons. The largest absolute Gasteiger partial charge is 0.466 e. The van der Waals surface area contributed by atoms with Crippen molar-refractivity contribution in [2.75, 3.05) is 7.11 Å². The molecule has 2 nitrogen and oxygen atoms in total. The number of carbonyl (C=O) groups is 1. The fraction of sp³-hybridized carbons (Fsp3) is 0.250. The van der Waals surface area contributed by atoms with Gasteiger partial charge in [0.05, 0.1) is 7.11 Å². The molecule has 0 amide bonds. The van der Waals surface area contributed by atoms with Crippen LogP contribution in [0.15, 0.2) is 36.4 Å². The van der Waals surface area contributed by atoms with E-state index in [1.807, 2.05) is 30.3 Å². The Bertz CT molecular complexity index is 355. The monoisotopic (exact) mass is 208 g/mol. The summed E-state index contributed by atoms with van der Waals surface area (Å²) in [5.74, 6) is -0.894. The molecule has 0 fully saturated rings. The maximum atomic E-state index is 13.6. The molecule has 1 atom stereocenters. The lowest BCUT2D eigenvalue weighted by Gasteiger charge is -2.11. The Kier molecular flexibility index (Phi) is 3.61. The molecule has 0 aliphatic heterocycles. The maximum absolute atomic E-state index is 13.6. The van der Waals surface area contributed by atoms with Gasteiger partial charge >= 0.3 is 5.97 Å². The van der Waals surface area contributed by atoms with E-state index >= 15 is 0 Å². The van der Waals surface area contributed by atoms with E-state index in [0.717, 1.165) is 19.6 Å². The third kappa shape index (κ3) is 3.20. The Balaban J connectivity index is 2.77. The summed E-state index contributed by atoms with van der Waals surface area (Å²) in [5, 5.41) is 0. The van der Waals surface area contributed by atoms with Gasteiger partial charge in [-0.15, -0.1) is 0 Å². The second-order valence-electron chi connectivity index (χ2n) is 3.31. The smallest absolute Gasteiger partial charge is 0.347 e. The zero-order valence-corrected chi connectivity index (χ0v) is 8.74. The third-order valence-electron chi connectivity index (χ3n) is 1.97. The van der Waals surface area contributed by atoms with E-state index in [0.29, 0.717) is 0 Å². The number of esters is 1. The molecule has 0 spiro atoms. The van der Waals surface area contributed by atoms with Crippen LogP contribution in [0.3, 0.4) is 0 Å². The van der Waals surface area contributed by atoms with E-state index in [1.165, 1.54) is 6.08 Å². The number of hydrogen-bond donors (Lipinski definition) is 0. The minimum atomic E-state index is -2.08. The van der Waals surface area contributed by atoms with E-state index in [9.17, 15) is 9.18 Å². The molecule has 15 heavy (non-hydrogen) atoms. The predicted octanol–water partition coefficient (Wildman–Crippen LogP) is 2.60. The summed E-state index contributed by atoms with van der Waals surface area (Å²) in [6.45, 7) is 1.16. The van der Waals surface area contributed by atoms with Crippen molar-refractivity contribution in [2.45, 2.75) is 12.6 Å². The number of benzene rings is 1. The zero-order chi connectivity index (χ0) is 11.3. The molecule has 3 heteroatoms. The van der Waals surface area contributed by atoms with E-state index < -0.39 is 11.6 Å². The number of ether oxygens (including phenoxy) is 1. The Hall–Kier alpha value is -1.64. The normalized spacial score (nSPS) is 14.9. The number of methoxy groups -OCH3 is 1. The van der Waals surface area contributed by atoms with Gasteiger partial charge in [-0.2, -0.15) is 0 Å². The van der Waals surface area contributed by atoms with Gasteiger partial charge in [-0.1, -0.05) is 36.4 Å². The Morgan fingerprint density at radius 1 is 1.40 bits per heavy atom. The minimum absolute atomic E-state index is 0.838. The molecule has 0 unspecified atom stereocenters. The van der Waals surface area contributed by atoms with Gasteiger partial charge in [-0.3, -0.25) is 0 Å². The van der Waals surface area contributed by atoms with Crippen LogP contribution in [0.4, 0.5) is 4.39 Å². The van der Waals surface area contributed by atoms with E-state index in [1.54, 1.807) is 6.08 Å². The quantitative estimate of drug-likeness (QED) is 0.714. The first-order valence-electron chi connectivity index (χ1n) is 4.58. The fourth-order valence-corrected chi connectivity index (χ4v) is 1.08. The fourth-order valence-electron chi connectivity index (χ4n) is 1.08. The van der Waals surface area contributed by atoms with Gasteiger partial charge in [0.2, 0.25) is 5.67 Å². The lowest BCUT2D eigenvalue weighted by molar-refractivity contribution is -0.150. The molecular formula is C12H13FO2. The first kappa shape index (κ1) is 11.4. The average Bonchev–Trinajstić information content (AvgIpc) is 2.27. The van der Waals surface area contributed by atoms with E-state index in [4.69, 9.17) is 0 Å². The van der Waals surface area contributed by atoms with Crippen LogP contribution < -0.4 is 0 Å². The Labute approximate surface area is 88.4 Å². The van der Waals surface area contributed by atoms with Crippen LogP contribution in [0.5, 0.6) is 0 Å². The first-order chi connectivity index (χ1) is 7.06. The third-order valence-corrected chi connectivity index (χ3v) is 1.97. The molecule has 0 saturated carbocycles. The van der Waals surface area contributed by atoms with E-state index in [-0.39, 0.29) is 0 Å². The molecule has 1 aromatic rings. The Morgan fingerprint density at radius 3 is 2.53 bits per heavy atom. The highest BCUT2D eigenvalue weighted by Gasteiger charge is 2.30. The van der Waals surface area contributed by atoms with Crippen molar-refractivity contribution in [1.29, 1.82) is 0 Å². The van der Waals surface area contributed by atoms with Crippen molar-refractivity contribution < 1.29 is 13.9 Å². The van der Waals surface area contributed by atoms with Crippen LogP contribution in [0.25, 0.3) is 6.08 Å². The molecule has 1 aromatic carbocycles. The van der Waals surface area contributed by atoms with Gasteiger partial charge in [0.1, 0.15) is 0 Å². The summed E-state index contributed by atoms with van der Waals surface area (Å²) in [7, 11) is 1.16. The molecule has 0 radical (unpaired) electrons. The highest BCUT2D eigenvalue weighted by Crippen LogP contribution is 2.16. The minimum Gasteiger partial charge on any atom is -0.466 e. The summed E-state index contributed by atoms with van der Waals surface area (Å²) in [4.78, 5) is 11.0. The topological polar surface area (TPSA) is 26.3 Å². The lowest BCUT2D eigenvalue weighted by atomic mass is 10.1. The van der Waals surface area contributed by atoms with Crippen molar-refractivity contribution in [3.05, 3.63) is 42.0 Å². The predicted molar refractivity (Wildman–Crippen MR) is 57.0 cm³/mol. The maximum Gasteiger partial charge on any atom is 0.347 e. The van der Waals surface area contributed by atoms with Crippen LogP contribution >= 0.6 is 0 Å². The van der Waals surface area contributed by atoms with Crippen molar-refractivity contribution in [3.63, 3.8) is 0 Å². The highest BCUT2D eigenvalue weighted by molar-refractivity contribution is 5.82. The van der Waals surface area contributed by atoms with Gasteiger partial charge < -0.3 is 4.74 Å². The molecule has 0 saturated heterocycles. The number of carbonyl (C=O) groups excluding carboxylic acids is 1. The van der Waals surface area contributed by atoms with Crippen LogP contribution in [0.1, 0.15) is 12.5 Å². The number of halogens is 1. The van der Waals surface area contributed by atoms with Crippen LogP contribution in [-0.4, -0.2) is 18.7 Å². The molecule has 1 rings (SSSR count). The van der Waals surface area contributed by atoms with Crippen molar-refractivity contribution in [2.24, 2.45) is 0 Å². The standard InChI is InChI=1S/C12H13FO2/c1-12(13,11(14)15-2)9-8-10-6-4-3-5-7-10/h3-9H,1-2H3/b9-8+/t12-/m1/s1. The summed E-state index contributed by atoms with van der Waals surface area (Å²) < 4.78 is 17.9. The zero-order valence-electron chi connectivity index (χ0n) is 8.74. The second kappa shape index (κ2) is 4.73. The first-order valence-corrected chi connectivity index (χ1v) is 4.58. The lowest BCUT2D eigenvalue weighted by Crippen LogP contribution is -2.28. The van der Waals surface area contributed by atoms with Gasteiger partial charge in [0, 0.05) is 0 Å². The molecule has 0 heterocycles. The van der Waals surface area contributed by atoms with Gasteiger partial charge in [-0.05, 0) is 18.6 Å². The van der Waals surface area contributed by atoms with Crippen LogP contribution in [-0.2, 0) is 9.53 Å². The summed E-state index contributed by atoms with van der Waals surface area (Å²) >= 11 is 0. The second-order valence-corrected chi connectivity index (χ2v) is 3.31. The van der Waals surface area contributed by atoms with Gasteiger partial charge in [0.25, 0.3) is 0 Å². The number of alkyl halides is 1. The SMILES string of the molecule is COC(=O)[C@](C)(F)/C=C/c1ccccc1. The molecule has 0 bridgehead atoms. The average molecular weight is 208 g/mol. The molecular weight excluding hydrogens is 195 g/mol. The molecule has 0 aromatic heterocycles. The van der Waals surface area contributed by atoms with Gasteiger partial charge in [0.15, 0.2) is 0 Å². The van der Waals surface area contributed by atoms with Crippen molar-refractivity contribution >= 4 is 12.0 Å². The molecule has 0 aliphatic rings. The van der Waals surface area contributed by atoms with Gasteiger partial charge in [-0.25, -0.2) is 9.18 Å². The summed E-state index contributed by atoms with van der Waals surface area (Å²) in [6.07, 6.45) is 2.74.